The van der Waals surface area contributed by atoms with Crippen molar-refractivity contribution in [3.63, 3.8) is 0 Å². The molecule has 10 heteroatoms. The van der Waals surface area contributed by atoms with Crippen molar-refractivity contribution in [2.75, 3.05) is 19.8 Å². The summed E-state index contributed by atoms with van der Waals surface area (Å²) < 4.78 is 9.18. The molecule has 0 saturated carbocycles. The maximum absolute atomic E-state index is 12.1. The summed E-state index contributed by atoms with van der Waals surface area (Å²) in [4.78, 5) is 32.2. The van der Waals surface area contributed by atoms with Gasteiger partial charge in [0.15, 0.2) is 6.33 Å². The normalized spacial score (nSPS) is 25.7. The first-order chi connectivity index (χ1) is 12.2. The van der Waals surface area contributed by atoms with Gasteiger partial charge in [-0.2, -0.15) is 0 Å². The summed E-state index contributed by atoms with van der Waals surface area (Å²) in [6.07, 6.45) is 0.712. The number of nitrogens with one attached hydrogen (secondary N) is 1. The zero-order valence-electron chi connectivity index (χ0n) is 15.3. The number of hydrogen-bond donors (Lipinski definition) is 3. The van der Waals surface area contributed by atoms with Crippen LogP contribution in [0, 0.1) is 5.92 Å². The third kappa shape index (κ3) is 3.06. The number of aromatic amines is 1. The van der Waals surface area contributed by atoms with E-state index in [1.165, 1.54) is 4.90 Å². The van der Waals surface area contributed by atoms with Crippen molar-refractivity contribution >= 4 is 23.0 Å². The number of aryl methyl sites for hydroxylation is 1. The molecule has 0 aromatic carbocycles. The minimum atomic E-state index is -0.835. The van der Waals surface area contributed by atoms with E-state index < -0.39 is 12.3 Å². The predicted octanol–water partition coefficient (Wildman–Crippen LogP) is -1.11. The topological polar surface area (TPSA) is 130 Å². The number of H-pyrrole nitrogens is 1. The second kappa shape index (κ2) is 6.69. The van der Waals surface area contributed by atoms with Crippen LogP contribution in [0.4, 0.5) is 5.95 Å². The van der Waals surface area contributed by atoms with E-state index in [1.54, 1.807) is 36.6 Å². The summed E-state index contributed by atoms with van der Waals surface area (Å²) in [7, 11) is 5.12. The highest BCUT2D eigenvalue weighted by Gasteiger charge is 2.45. The number of carbonyl (C=O) groups excluding carboxylic acids is 1. The van der Waals surface area contributed by atoms with E-state index in [4.69, 9.17) is 10.5 Å². The number of nitrogens with zero attached hydrogens (tertiary/aromatic N) is 4. The van der Waals surface area contributed by atoms with Crippen LogP contribution in [0.5, 0.6) is 0 Å². The van der Waals surface area contributed by atoms with E-state index in [-0.39, 0.29) is 29.4 Å². The van der Waals surface area contributed by atoms with Crippen LogP contribution in [-0.2, 0) is 16.6 Å². The average Bonchev–Trinajstić information content (AvgIpc) is 3.02. The molecule has 142 valence electrons. The summed E-state index contributed by atoms with van der Waals surface area (Å²) in [5.74, 6) is -0.200. The van der Waals surface area contributed by atoms with Crippen molar-refractivity contribution in [3.05, 3.63) is 16.7 Å². The molecule has 1 amide bonds. The SMILES string of the molecule is C[C@H]1OC([n+]2cn(C)c3c(=O)[nH]c(N)nc32)[C@H](O)[C@@H]1CCC(=O)N(C)C. The molecule has 0 bridgehead atoms. The molecule has 0 radical (unpaired) electrons. The Kier molecular flexibility index (Phi) is 4.72. The smallest absolute Gasteiger partial charge is 0.313 e. The fourth-order valence-corrected chi connectivity index (χ4v) is 3.50. The molecule has 0 aliphatic carbocycles. The summed E-state index contributed by atoms with van der Waals surface area (Å²) in [6, 6.07) is 0. The number of imidazole rings is 1. The molecular weight excluding hydrogens is 340 g/mol. The molecule has 3 rings (SSSR count). The highest BCUT2D eigenvalue weighted by atomic mass is 16.5. The Balaban J connectivity index is 1.90. The highest BCUT2D eigenvalue weighted by molar-refractivity contribution is 5.75. The number of fused-ring (bicyclic) bond motifs is 1. The van der Waals surface area contributed by atoms with Crippen molar-refractivity contribution in [3.8, 4) is 0 Å². The van der Waals surface area contributed by atoms with Crippen molar-refractivity contribution in [2.45, 2.75) is 38.2 Å². The Hall–Kier alpha value is -2.46. The number of aromatic nitrogens is 4. The molecule has 1 saturated heterocycles. The van der Waals surface area contributed by atoms with Crippen LogP contribution < -0.4 is 15.9 Å². The third-order valence-corrected chi connectivity index (χ3v) is 4.94. The van der Waals surface area contributed by atoms with Crippen molar-refractivity contribution in [1.29, 1.82) is 0 Å². The van der Waals surface area contributed by atoms with Gasteiger partial charge in [-0.3, -0.25) is 19.1 Å². The number of anilines is 1. The lowest BCUT2D eigenvalue weighted by Gasteiger charge is -2.18. The van der Waals surface area contributed by atoms with Gasteiger partial charge in [0.2, 0.25) is 17.7 Å². The van der Waals surface area contributed by atoms with Crippen LogP contribution in [0.2, 0.25) is 0 Å². The number of nitrogen functional groups attached to an aromatic ring is 1. The summed E-state index contributed by atoms with van der Waals surface area (Å²) in [5, 5.41) is 10.8. The second-order valence-corrected chi connectivity index (χ2v) is 6.97. The molecule has 3 heterocycles. The van der Waals surface area contributed by atoms with Gasteiger partial charge in [0.05, 0.1) is 13.2 Å². The molecule has 4 N–H and O–H groups in total. The van der Waals surface area contributed by atoms with Crippen LogP contribution in [0.1, 0.15) is 26.0 Å². The molecule has 26 heavy (non-hydrogen) atoms. The molecule has 10 nitrogen and oxygen atoms in total. The van der Waals surface area contributed by atoms with Crippen LogP contribution in [0.15, 0.2) is 11.1 Å². The monoisotopic (exact) mass is 365 g/mol. The van der Waals surface area contributed by atoms with Gasteiger partial charge < -0.3 is 20.5 Å². The number of nitrogens with two attached hydrogens (primary N) is 1. The Morgan fingerprint density at radius 3 is 2.88 bits per heavy atom. The number of aliphatic hydroxyl groups excluding tert-OH is 1. The first-order valence-corrected chi connectivity index (χ1v) is 8.50. The molecular formula is C16H25N6O4+. The molecule has 4 atom stereocenters. The molecule has 1 fully saturated rings. The average molecular weight is 365 g/mol. The first-order valence-electron chi connectivity index (χ1n) is 8.50. The number of aliphatic hydroxyl groups is 1. The van der Waals surface area contributed by atoms with Crippen LogP contribution >= 0.6 is 0 Å². The molecule has 2 aromatic heterocycles. The summed E-state index contributed by atoms with van der Waals surface area (Å²) >= 11 is 0. The lowest BCUT2D eigenvalue weighted by atomic mass is 9.93. The first kappa shape index (κ1) is 18.3. The maximum atomic E-state index is 12.1. The van der Waals surface area contributed by atoms with Gasteiger partial charge in [-0.15, -0.1) is 0 Å². The van der Waals surface area contributed by atoms with Gasteiger partial charge in [-0.1, -0.05) is 4.98 Å². The minimum Gasteiger partial charge on any atom is -0.386 e. The van der Waals surface area contributed by atoms with E-state index >= 15 is 0 Å². The Bertz CT molecular complexity index is 889. The quantitative estimate of drug-likeness (QED) is 0.589. The summed E-state index contributed by atoms with van der Waals surface area (Å²) in [5.41, 5.74) is 5.99. The number of amides is 1. The van der Waals surface area contributed by atoms with Crippen molar-refractivity contribution in [2.24, 2.45) is 13.0 Å². The molecule has 2 aromatic rings. The number of carbonyl (C=O) groups is 1. The van der Waals surface area contributed by atoms with Crippen LogP contribution in [0.25, 0.3) is 11.2 Å². The van der Waals surface area contributed by atoms with Gasteiger partial charge in [-0.25, -0.2) is 4.57 Å². The van der Waals surface area contributed by atoms with Crippen LogP contribution in [-0.4, -0.2) is 56.8 Å². The van der Waals surface area contributed by atoms with Crippen molar-refractivity contribution < 1.29 is 19.2 Å². The molecule has 0 spiro atoms. The van der Waals surface area contributed by atoms with E-state index in [2.05, 4.69) is 9.97 Å². The van der Waals surface area contributed by atoms with Crippen molar-refractivity contribution in [1.82, 2.24) is 19.4 Å². The van der Waals surface area contributed by atoms with Gasteiger partial charge in [0.1, 0.15) is 6.10 Å². The zero-order valence-corrected chi connectivity index (χ0v) is 15.3. The van der Waals surface area contributed by atoms with E-state index in [9.17, 15) is 14.7 Å². The number of rotatable bonds is 4. The largest absolute Gasteiger partial charge is 0.386 e. The van der Waals surface area contributed by atoms with Gasteiger partial charge in [-0.05, 0) is 13.3 Å². The molecule has 1 aliphatic rings. The predicted molar refractivity (Wildman–Crippen MR) is 93.0 cm³/mol. The fraction of sp³-hybridized carbons (Fsp3) is 0.625. The zero-order chi connectivity index (χ0) is 19.2. The fourth-order valence-electron chi connectivity index (χ4n) is 3.50. The Morgan fingerprint density at radius 2 is 2.23 bits per heavy atom. The lowest BCUT2D eigenvalue weighted by molar-refractivity contribution is -0.745. The number of ether oxygens (including phenoxy) is 1. The summed E-state index contributed by atoms with van der Waals surface area (Å²) in [6.45, 7) is 1.87. The Morgan fingerprint density at radius 1 is 1.54 bits per heavy atom. The van der Waals surface area contributed by atoms with E-state index in [0.717, 1.165) is 0 Å². The highest BCUT2D eigenvalue weighted by Crippen LogP contribution is 2.34. The lowest BCUT2D eigenvalue weighted by Crippen LogP contribution is -2.45. The van der Waals surface area contributed by atoms with Gasteiger partial charge in [0, 0.05) is 26.4 Å². The molecule has 1 aliphatic heterocycles. The van der Waals surface area contributed by atoms with Gasteiger partial charge >= 0.3 is 5.65 Å². The van der Waals surface area contributed by atoms with Crippen LogP contribution in [0.3, 0.4) is 0 Å². The Labute approximate surface area is 150 Å². The van der Waals surface area contributed by atoms with Gasteiger partial charge in [0.25, 0.3) is 11.5 Å². The minimum absolute atomic E-state index is 0.00360. The second-order valence-electron chi connectivity index (χ2n) is 6.97. The van der Waals surface area contributed by atoms with E-state index in [0.29, 0.717) is 24.0 Å². The third-order valence-electron chi connectivity index (χ3n) is 4.94. The van der Waals surface area contributed by atoms with E-state index in [1.807, 2.05) is 6.92 Å². The maximum Gasteiger partial charge on any atom is 0.313 e. The standard InChI is InChI=1S/C16H24N6O4/c1-8-9(5-6-10(23)20(2)3)12(24)15(26-8)22-7-21(4)11-13(22)18-16(17)19-14(11)25/h7-9,12,15,24H,5-6H2,1-4H3,(H2-,17,18,19,25)/p+1/t8-,9-,12-,15?/m1/s1. The number of hydrogen-bond acceptors (Lipinski definition) is 6. The molecule has 1 unspecified atom stereocenters.